The molecule has 138 valence electrons. The van der Waals surface area contributed by atoms with E-state index in [9.17, 15) is 23.2 Å². The van der Waals surface area contributed by atoms with Gasteiger partial charge in [-0.2, -0.15) is 18.4 Å². The van der Waals surface area contributed by atoms with Crippen LogP contribution in [0.1, 0.15) is 17.5 Å². The second-order valence-electron chi connectivity index (χ2n) is 6.08. The maximum atomic E-state index is 12.7. The summed E-state index contributed by atoms with van der Waals surface area (Å²) < 4.78 is 37.8. The first-order chi connectivity index (χ1) is 12.9. The Bertz CT molecular complexity index is 911. The molecule has 0 spiro atoms. The molecule has 1 aliphatic rings. The molecule has 7 heteroatoms. The number of nitriles is 1. The van der Waals surface area contributed by atoms with Gasteiger partial charge in [-0.05, 0) is 48.7 Å². The first-order valence-corrected chi connectivity index (χ1v) is 8.34. The van der Waals surface area contributed by atoms with Gasteiger partial charge in [0.2, 0.25) is 0 Å². The summed E-state index contributed by atoms with van der Waals surface area (Å²) in [6.07, 6.45) is -1.52. The fourth-order valence-corrected chi connectivity index (χ4v) is 2.94. The fraction of sp³-hybridized carbons (Fsp3) is 0.200. The maximum Gasteiger partial charge on any atom is 0.416 e. The average molecular weight is 371 g/mol. The number of carbonyl (C=O) groups excluding carboxylic acids is 1. The minimum Gasteiger partial charge on any atom is -0.360 e. The predicted molar refractivity (Wildman–Crippen MR) is 95.9 cm³/mol. The molecule has 1 aliphatic heterocycles. The second-order valence-corrected chi connectivity index (χ2v) is 6.08. The number of alkyl halides is 3. The molecule has 0 aliphatic carbocycles. The summed E-state index contributed by atoms with van der Waals surface area (Å²) in [5, 5.41) is 12.1. The summed E-state index contributed by atoms with van der Waals surface area (Å²) >= 11 is 0. The van der Waals surface area contributed by atoms with Gasteiger partial charge in [0.05, 0.1) is 5.56 Å². The maximum absolute atomic E-state index is 12.7. The van der Waals surface area contributed by atoms with E-state index in [0.29, 0.717) is 12.2 Å². The molecule has 0 saturated carbocycles. The fourth-order valence-electron chi connectivity index (χ4n) is 2.94. The van der Waals surface area contributed by atoms with E-state index < -0.39 is 17.6 Å². The Balaban J connectivity index is 1.77. The number of anilines is 2. The van der Waals surface area contributed by atoms with Crippen LogP contribution in [0.15, 0.2) is 60.3 Å². The van der Waals surface area contributed by atoms with Crippen molar-refractivity contribution in [3.05, 3.63) is 71.4 Å². The summed E-state index contributed by atoms with van der Waals surface area (Å²) in [5.41, 5.74) is 1.29. The van der Waals surface area contributed by atoms with Crippen LogP contribution in [0.2, 0.25) is 0 Å². The highest BCUT2D eigenvalue weighted by Crippen LogP contribution is 2.30. The third kappa shape index (κ3) is 4.11. The molecule has 0 unspecified atom stereocenters. The van der Waals surface area contributed by atoms with Gasteiger partial charge in [0.15, 0.2) is 0 Å². The zero-order valence-corrected chi connectivity index (χ0v) is 14.3. The average Bonchev–Trinajstić information content (AvgIpc) is 2.67. The Morgan fingerprint density at radius 2 is 1.85 bits per heavy atom. The lowest BCUT2D eigenvalue weighted by Crippen LogP contribution is -2.36. The van der Waals surface area contributed by atoms with E-state index in [-0.39, 0.29) is 5.57 Å². The Morgan fingerprint density at radius 3 is 2.52 bits per heavy atom. The van der Waals surface area contributed by atoms with E-state index in [1.54, 1.807) is 4.90 Å². The van der Waals surface area contributed by atoms with Crippen molar-refractivity contribution in [1.29, 1.82) is 5.26 Å². The number of aryl methyl sites for hydroxylation is 1. The van der Waals surface area contributed by atoms with Crippen molar-refractivity contribution in [3.8, 4) is 6.07 Å². The lowest BCUT2D eigenvalue weighted by molar-refractivity contribution is -0.137. The molecule has 1 N–H and O–H groups in total. The number of amides is 1. The molecule has 0 saturated heterocycles. The topological polar surface area (TPSA) is 56.1 Å². The molecule has 0 bridgehead atoms. The highest BCUT2D eigenvalue weighted by Gasteiger charge is 2.30. The monoisotopic (exact) mass is 371 g/mol. The number of hydrogen-bond donors (Lipinski definition) is 1. The van der Waals surface area contributed by atoms with Crippen LogP contribution in [-0.4, -0.2) is 12.5 Å². The zero-order valence-electron chi connectivity index (χ0n) is 14.3. The van der Waals surface area contributed by atoms with Crippen LogP contribution >= 0.6 is 0 Å². The highest BCUT2D eigenvalue weighted by atomic mass is 19.4. The van der Waals surface area contributed by atoms with Crippen LogP contribution in [0.5, 0.6) is 0 Å². The second kappa shape index (κ2) is 7.54. The molecule has 2 aromatic carbocycles. The van der Waals surface area contributed by atoms with Crippen LogP contribution in [0.25, 0.3) is 0 Å². The quantitative estimate of drug-likeness (QED) is 0.638. The number of benzene rings is 2. The molecule has 0 aromatic heterocycles. The first kappa shape index (κ1) is 18.5. The lowest BCUT2D eigenvalue weighted by atomic mass is 10.0. The van der Waals surface area contributed by atoms with Crippen molar-refractivity contribution < 1.29 is 18.0 Å². The van der Waals surface area contributed by atoms with Gasteiger partial charge in [-0.15, -0.1) is 0 Å². The highest BCUT2D eigenvalue weighted by molar-refractivity contribution is 6.09. The van der Waals surface area contributed by atoms with Gasteiger partial charge in [0.1, 0.15) is 11.6 Å². The molecule has 0 atom stereocenters. The van der Waals surface area contributed by atoms with Gasteiger partial charge < -0.3 is 10.2 Å². The van der Waals surface area contributed by atoms with Crippen molar-refractivity contribution in [1.82, 2.24) is 0 Å². The summed E-state index contributed by atoms with van der Waals surface area (Å²) in [6, 6.07) is 13.7. The SMILES string of the molecule is N#C/C(=C/Nc1ccc(C(F)(F)F)cc1)C(=O)N1CCCc2ccccc21. The zero-order chi connectivity index (χ0) is 19.4. The summed E-state index contributed by atoms with van der Waals surface area (Å²) in [7, 11) is 0. The molecular weight excluding hydrogens is 355 g/mol. The van der Waals surface area contributed by atoms with Gasteiger partial charge in [-0.3, -0.25) is 4.79 Å². The van der Waals surface area contributed by atoms with E-state index in [1.165, 1.54) is 18.3 Å². The number of rotatable bonds is 3. The number of para-hydroxylation sites is 1. The Morgan fingerprint density at radius 1 is 1.15 bits per heavy atom. The minimum atomic E-state index is -4.41. The molecular formula is C20H16F3N3O. The van der Waals surface area contributed by atoms with E-state index >= 15 is 0 Å². The molecule has 4 nitrogen and oxygen atoms in total. The van der Waals surface area contributed by atoms with E-state index in [0.717, 1.165) is 36.2 Å². The van der Waals surface area contributed by atoms with Gasteiger partial charge in [-0.25, -0.2) is 0 Å². The Kier molecular flexibility index (Phi) is 5.17. The van der Waals surface area contributed by atoms with Crippen molar-refractivity contribution >= 4 is 17.3 Å². The number of hydrogen-bond acceptors (Lipinski definition) is 3. The van der Waals surface area contributed by atoms with Crippen LogP contribution in [0.3, 0.4) is 0 Å². The molecule has 1 heterocycles. The number of halogens is 3. The Labute approximate surface area is 154 Å². The van der Waals surface area contributed by atoms with Crippen LogP contribution in [-0.2, 0) is 17.4 Å². The van der Waals surface area contributed by atoms with Crippen molar-refractivity contribution in [3.63, 3.8) is 0 Å². The van der Waals surface area contributed by atoms with Crippen LogP contribution in [0.4, 0.5) is 24.5 Å². The Hall–Kier alpha value is -3.27. The first-order valence-electron chi connectivity index (χ1n) is 8.34. The standard InChI is InChI=1S/C20H16F3N3O/c21-20(22,23)16-7-9-17(10-8-16)25-13-15(12-24)19(27)26-11-3-5-14-4-1-2-6-18(14)26/h1-2,4,6-10,13,25H,3,5,11H2/b15-13-. The summed E-state index contributed by atoms with van der Waals surface area (Å²) in [6.45, 7) is 0.509. The third-order valence-electron chi connectivity index (χ3n) is 4.30. The molecule has 2 aromatic rings. The summed E-state index contributed by atoms with van der Waals surface area (Å²) in [4.78, 5) is 14.3. The van der Waals surface area contributed by atoms with Crippen molar-refractivity contribution in [2.45, 2.75) is 19.0 Å². The van der Waals surface area contributed by atoms with Gasteiger partial charge >= 0.3 is 6.18 Å². The molecule has 0 radical (unpaired) electrons. The van der Waals surface area contributed by atoms with E-state index in [4.69, 9.17) is 0 Å². The number of nitrogens with zero attached hydrogens (tertiary/aromatic N) is 2. The number of fused-ring (bicyclic) bond motifs is 1. The molecule has 1 amide bonds. The largest absolute Gasteiger partial charge is 0.416 e. The van der Waals surface area contributed by atoms with Gasteiger partial charge in [0, 0.05) is 24.1 Å². The van der Waals surface area contributed by atoms with Crippen LogP contribution < -0.4 is 10.2 Å². The predicted octanol–water partition coefficient (Wildman–Crippen LogP) is 4.50. The van der Waals surface area contributed by atoms with Crippen LogP contribution in [0, 0.1) is 11.3 Å². The third-order valence-corrected chi connectivity index (χ3v) is 4.30. The number of nitrogens with one attached hydrogen (secondary N) is 1. The molecule has 0 fully saturated rings. The smallest absolute Gasteiger partial charge is 0.360 e. The van der Waals surface area contributed by atoms with Gasteiger partial charge in [-0.1, -0.05) is 18.2 Å². The lowest BCUT2D eigenvalue weighted by Gasteiger charge is -2.29. The minimum absolute atomic E-state index is 0.119. The molecule has 3 rings (SSSR count). The van der Waals surface area contributed by atoms with Crippen molar-refractivity contribution in [2.75, 3.05) is 16.8 Å². The summed E-state index contributed by atoms with van der Waals surface area (Å²) in [5.74, 6) is -0.441. The normalized spacial score (nSPS) is 14.3. The van der Waals surface area contributed by atoms with Crippen molar-refractivity contribution in [2.24, 2.45) is 0 Å². The van der Waals surface area contributed by atoms with E-state index in [2.05, 4.69) is 5.32 Å². The van der Waals surface area contributed by atoms with E-state index in [1.807, 2.05) is 30.3 Å². The number of carbonyl (C=O) groups is 1. The molecule has 27 heavy (non-hydrogen) atoms. The van der Waals surface area contributed by atoms with Gasteiger partial charge in [0.25, 0.3) is 5.91 Å².